The molecule has 1 amide bonds. The highest BCUT2D eigenvalue weighted by Crippen LogP contribution is 2.34. The maximum atomic E-state index is 13.0. The lowest BCUT2D eigenvalue weighted by molar-refractivity contribution is -0.143. The molecule has 0 aliphatic carbocycles. The largest absolute Gasteiger partial charge is 0.497 e. The minimum Gasteiger partial charge on any atom is -0.497 e. The van der Waals surface area contributed by atoms with Crippen LogP contribution in [0.5, 0.6) is 5.75 Å². The number of nitrogen functional groups attached to an aromatic ring is 2. The van der Waals surface area contributed by atoms with Gasteiger partial charge < -0.3 is 26.3 Å². The quantitative estimate of drug-likeness (QED) is 0.475. The minimum atomic E-state index is -0.644. The number of carbonyl (C=O) groups excluding carboxylic acids is 2. The summed E-state index contributed by atoms with van der Waals surface area (Å²) in [6, 6.07) is 9.82. The number of methoxy groups -OCH3 is 1. The van der Waals surface area contributed by atoms with Gasteiger partial charge in [-0.3, -0.25) is 9.59 Å². The van der Waals surface area contributed by atoms with Gasteiger partial charge in [-0.2, -0.15) is 5.26 Å². The molecule has 10 heteroatoms. The van der Waals surface area contributed by atoms with Crippen molar-refractivity contribution in [3.05, 3.63) is 46.3 Å². The summed E-state index contributed by atoms with van der Waals surface area (Å²) in [6.07, 6.45) is -0.0551. The van der Waals surface area contributed by atoms with Gasteiger partial charge in [0, 0.05) is 5.39 Å². The minimum absolute atomic E-state index is 0.0551. The fraction of sp³-hybridized carbons (Fsp3) is 0.238. The molecule has 0 fully saturated rings. The maximum Gasteiger partial charge on any atom is 0.308 e. The number of carbonyl (C=O) groups is 2. The van der Waals surface area contributed by atoms with Gasteiger partial charge in [0.1, 0.15) is 27.3 Å². The number of ether oxygens (including phenoxy) is 2. The summed E-state index contributed by atoms with van der Waals surface area (Å²) in [7, 11) is 1.55. The summed E-state index contributed by atoms with van der Waals surface area (Å²) >= 11 is 1.06. The zero-order valence-corrected chi connectivity index (χ0v) is 17.8. The van der Waals surface area contributed by atoms with Crippen LogP contribution in [0.15, 0.2) is 30.3 Å². The molecule has 0 spiro atoms. The zero-order chi connectivity index (χ0) is 22.5. The van der Waals surface area contributed by atoms with Crippen molar-refractivity contribution in [3.8, 4) is 11.8 Å². The normalized spacial score (nSPS) is 11.5. The van der Waals surface area contributed by atoms with E-state index in [0.717, 1.165) is 11.3 Å². The summed E-state index contributed by atoms with van der Waals surface area (Å²) in [5, 5.41) is 12.5. The first-order chi connectivity index (χ1) is 14.9. The number of amides is 1. The number of aromatic nitrogens is 1. The van der Waals surface area contributed by atoms with Crippen molar-refractivity contribution in [3.63, 3.8) is 0 Å². The highest BCUT2D eigenvalue weighted by molar-refractivity contribution is 7.21. The number of nitrogens with zero attached hydrogens (tertiary/aromatic N) is 2. The fourth-order valence-electron chi connectivity index (χ4n) is 3.01. The van der Waals surface area contributed by atoms with Crippen molar-refractivity contribution >= 4 is 44.9 Å². The Morgan fingerprint density at radius 2 is 2.00 bits per heavy atom. The number of hydrogen-bond donors (Lipinski definition) is 3. The molecule has 0 aliphatic rings. The second-order valence-corrected chi connectivity index (χ2v) is 7.54. The molecule has 3 aromatic rings. The van der Waals surface area contributed by atoms with Gasteiger partial charge in [-0.15, -0.1) is 11.3 Å². The number of hydrogen-bond acceptors (Lipinski definition) is 9. The van der Waals surface area contributed by atoms with Crippen molar-refractivity contribution in [2.45, 2.75) is 19.4 Å². The van der Waals surface area contributed by atoms with Gasteiger partial charge in [0.05, 0.1) is 37.4 Å². The van der Waals surface area contributed by atoms with Crippen molar-refractivity contribution in [2.24, 2.45) is 0 Å². The third kappa shape index (κ3) is 4.67. The van der Waals surface area contributed by atoms with Crippen molar-refractivity contribution in [2.75, 3.05) is 25.2 Å². The lowest BCUT2D eigenvalue weighted by Gasteiger charge is -2.18. The van der Waals surface area contributed by atoms with Crippen LogP contribution in [0.3, 0.4) is 0 Å². The summed E-state index contributed by atoms with van der Waals surface area (Å²) in [5.74, 6) is -0.193. The molecule has 3 rings (SSSR count). The highest BCUT2D eigenvalue weighted by Gasteiger charge is 2.24. The smallest absolute Gasteiger partial charge is 0.308 e. The van der Waals surface area contributed by atoms with Gasteiger partial charge in [-0.1, -0.05) is 12.1 Å². The number of rotatable bonds is 7. The predicted octanol–water partition coefficient (Wildman–Crippen LogP) is 2.77. The molecule has 0 saturated heterocycles. The van der Waals surface area contributed by atoms with Crippen LogP contribution in [-0.4, -0.2) is 30.6 Å². The van der Waals surface area contributed by atoms with E-state index in [2.05, 4.69) is 10.3 Å². The molecule has 1 atom stereocenters. The SMILES string of the molecule is CCOC(=O)CC(NC(=O)c1sc2nc(N)c(C#N)cc2c1N)c1ccc(OC)cc1. The summed E-state index contributed by atoms with van der Waals surface area (Å²) in [5.41, 5.74) is 13.0. The van der Waals surface area contributed by atoms with E-state index >= 15 is 0 Å². The van der Waals surface area contributed by atoms with Crippen LogP contribution in [0.2, 0.25) is 0 Å². The summed E-state index contributed by atoms with van der Waals surface area (Å²) in [4.78, 5) is 30.0. The number of esters is 1. The lowest BCUT2D eigenvalue weighted by Crippen LogP contribution is -2.30. The molecule has 9 nitrogen and oxygen atoms in total. The van der Waals surface area contributed by atoms with E-state index in [1.807, 2.05) is 6.07 Å². The van der Waals surface area contributed by atoms with Crippen molar-refractivity contribution in [1.82, 2.24) is 10.3 Å². The van der Waals surface area contributed by atoms with Crippen LogP contribution in [0, 0.1) is 11.3 Å². The molecule has 0 saturated carbocycles. The number of anilines is 2. The van der Waals surface area contributed by atoms with Gasteiger partial charge in [-0.25, -0.2) is 4.98 Å². The Bertz CT molecular complexity index is 1170. The van der Waals surface area contributed by atoms with E-state index in [0.29, 0.717) is 21.5 Å². The highest BCUT2D eigenvalue weighted by atomic mass is 32.1. The van der Waals surface area contributed by atoms with Crippen LogP contribution < -0.4 is 21.5 Å². The second-order valence-electron chi connectivity index (χ2n) is 6.54. The van der Waals surface area contributed by atoms with E-state index < -0.39 is 17.9 Å². The van der Waals surface area contributed by atoms with E-state index in [4.69, 9.17) is 26.2 Å². The molecule has 0 aliphatic heterocycles. The van der Waals surface area contributed by atoms with E-state index in [1.54, 1.807) is 38.3 Å². The average molecular weight is 439 g/mol. The maximum absolute atomic E-state index is 13.0. The number of nitriles is 1. The van der Waals surface area contributed by atoms with Gasteiger partial charge >= 0.3 is 5.97 Å². The molecular weight excluding hydrogens is 418 g/mol. The van der Waals surface area contributed by atoms with Gasteiger partial charge in [-0.05, 0) is 30.7 Å². The number of fused-ring (bicyclic) bond motifs is 1. The lowest BCUT2D eigenvalue weighted by atomic mass is 10.0. The Morgan fingerprint density at radius 1 is 1.29 bits per heavy atom. The monoisotopic (exact) mass is 439 g/mol. The topological polar surface area (TPSA) is 153 Å². The number of nitrogens with two attached hydrogens (primary N) is 2. The van der Waals surface area contributed by atoms with Crippen LogP contribution in [0.1, 0.15) is 40.2 Å². The number of thiophene rings is 1. The molecule has 0 radical (unpaired) electrons. The van der Waals surface area contributed by atoms with Crippen LogP contribution >= 0.6 is 11.3 Å². The first kappa shape index (κ1) is 21.9. The van der Waals surface area contributed by atoms with E-state index in [-0.39, 0.29) is 35.0 Å². The number of nitrogens with one attached hydrogen (secondary N) is 1. The van der Waals surface area contributed by atoms with Crippen molar-refractivity contribution < 1.29 is 19.1 Å². The Balaban J connectivity index is 1.92. The van der Waals surface area contributed by atoms with Gasteiger partial charge in [0.2, 0.25) is 0 Å². The standard InChI is InChI=1S/C21H21N5O4S/c1-3-30-16(27)9-15(11-4-6-13(29-2)7-5-11)25-20(28)18-17(23)14-8-12(10-22)19(24)26-21(14)31-18/h4-8,15H,3,9,23H2,1-2H3,(H2,24,26)(H,25,28). The number of benzene rings is 1. The van der Waals surface area contributed by atoms with E-state index in [9.17, 15) is 9.59 Å². The number of pyridine rings is 1. The Kier molecular flexibility index (Phi) is 6.57. The van der Waals surface area contributed by atoms with Crippen LogP contribution in [-0.2, 0) is 9.53 Å². The molecule has 1 unspecified atom stereocenters. The molecule has 31 heavy (non-hydrogen) atoms. The summed E-state index contributed by atoms with van der Waals surface area (Å²) < 4.78 is 10.2. The third-order valence-corrected chi connectivity index (χ3v) is 5.69. The Labute approximate surface area is 182 Å². The molecule has 5 N–H and O–H groups in total. The van der Waals surface area contributed by atoms with Crippen LogP contribution in [0.25, 0.3) is 10.2 Å². The zero-order valence-electron chi connectivity index (χ0n) is 17.0. The molecule has 160 valence electrons. The van der Waals surface area contributed by atoms with Gasteiger partial charge in [0.25, 0.3) is 5.91 Å². The molecule has 1 aromatic carbocycles. The predicted molar refractivity (Wildman–Crippen MR) is 118 cm³/mol. The van der Waals surface area contributed by atoms with Crippen LogP contribution in [0.4, 0.5) is 11.5 Å². The molecular formula is C21H21N5O4S. The van der Waals surface area contributed by atoms with E-state index in [1.165, 1.54) is 6.07 Å². The molecule has 0 bridgehead atoms. The Morgan fingerprint density at radius 3 is 2.61 bits per heavy atom. The summed E-state index contributed by atoms with van der Waals surface area (Å²) in [6.45, 7) is 1.95. The molecule has 2 aromatic heterocycles. The molecule has 2 heterocycles. The first-order valence-corrected chi connectivity index (χ1v) is 10.2. The first-order valence-electron chi connectivity index (χ1n) is 9.36. The second kappa shape index (κ2) is 9.32. The fourth-order valence-corrected chi connectivity index (χ4v) is 4.00. The van der Waals surface area contributed by atoms with Crippen molar-refractivity contribution in [1.29, 1.82) is 5.26 Å². The van der Waals surface area contributed by atoms with Gasteiger partial charge in [0.15, 0.2) is 0 Å². The third-order valence-electron chi connectivity index (χ3n) is 4.58. The Hall–Kier alpha value is -3.84. The average Bonchev–Trinajstić information content (AvgIpc) is 3.08.